The molecule has 0 amide bonds. The number of hydrogen-bond acceptors (Lipinski definition) is 6. The molecule has 0 aliphatic carbocycles. The molecule has 176 valence electrons. The first-order valence-corrected chi connectivity index (χ1v) is 10.9. The highest BCUT2D eigenvalue weighted by molar-refractivity contribution is 5.74. The largest absolute Gasteiger partial charge is 0.496 e. The number of hydrogen-bond donors (Lipinski definition) is 0. The van der Waals surface area contributed by atoms with Crippen LogP contribution in [0.2, 0.25) is 0 Å². The average molecular weight is 469 g/mol. The highest BCUT2D eigenvalue weighted by atomic mass is 16.6. The van der Waals surface area contributed by atoms with E-state index in [9.17, 15) is 15.4 Å². The van der Waals surface area contributed by atoms with Gasteiger partial charge in [-0.15, -0.1) is 0 Å². The van der Waals surface area contributed by atoms with Crippen LogP contribution in [0.4, 0.5) is 5.69 Å². The number of nitro groups is 1. The molecule has 3 aromatic carbocycles. The minimum absolute atomic E-state index is 0.0401. The van der Waals surface area contributed by atoms with Gasteiger partial charge in [-0.1, -0.05) is 30.3 Å². The zero-order chi connectivity index (χ0) is 24.9. The Morgan fingerprint density at radius 3 is 2.60 bits per heavy atom. The van der Waals surface area contributed by atoms with Gasteiger partial charge in [0.2, 0.25) is 0 Å². The van der Waals surface area contributed by atoms with E-state index in [4.69, 9.17) is 9.47 Å². The lowest BCUT2D eigenvalue weighted by Gasteiger charge is -2.21. The number of nitro benzene ring substituents is 1. The molecule has 4 rings (SSSR count). The average Bonchev–Trinajstić information content (AvgIpc) is 3.29. The van der Waals surface area contributed by atoms with Crippen molar-refractivity contribution in [1.29, 1.82) is 5.26 Å². The number of nitrogens with zero attached hydrogens (tertiary/aromatic N) is 4. The van der Waals surface area contributed by atoms with Gasteiger partial charge in [0.05, 0.1) is 48.5 Å². The third-order valence-electron chi connectivity index (χ3n) is 5.90. The van der Waals surface area contributed by atoms with Crippen LogP contribution in [0.5, 0.6) is 5.75 Å². The number of aryl methyl sites for hydroxylation is 2. The van der Waals surface area contributed by atoms with E-state index < -0.39 is 11.0 Å². The van der Waals surface area contributed by atoms with Gasteiger partial charge >= 0.3 is 0 Å². The standard InChI is InChI=1S/C27H24N4O4/c1-18-6-4-5-7-23(18)24-13-19(8-9-20(24)14-28)27(25-15-29-17-30(25)2)35-16-21-12-22(31(32)33)10-11-26(21)34-3/h4-13,15,17,27H,16H2,1-3H3. The van der Waals surface area contributed by atoms with E-state index in [2.05, 4.69) is 11.1 Å². The molecule has 8 heteroatoms. The number of methoxy groups -OCH3 is 1. The first-order valence-electron chi connectivity index (χ1n) is 10.9. The summed E-state index contributed by atoms with van der Waals surface area (Å²) >= 11 is 0. The fourth-order valence-corrected chi connectivity index (χ4v) is 4.06. The zero-order valence-corrected chi connectivity index (χ0v) is 19.6. The third-order valence-corrected chi connectivity index (χ3v) is 5.90. The van der Waals surface area contributed by atoms with E-state index in [0.717, 1.165) is 27.9 Å². The van der Waals surface area contributed by atoms with Gasteiger partial charge in [-0.3, -0.25) is 10.1 Å². The molecule has 0 bridgehead atoms. The van der Waals surface area contributed by atoms with Crippen molar-refractivity contribution >= 4 is 5.69 Å². The van der Waals surface area contributed by atoms with E-state index >= 15 is 0 Å². The number of benzene rings is 3. The lowest BCUT2D eigenvalue weighted by atomic mass is 9.93. The van der Waals surface area contributed by atoms with Gasteiger partial charge in [0.15, 0.2) is 0 Å². The van der Waals surface area contributed by atoms with Crippen molar-refractivity contribution in [2.75, 3.05) is 7.11 Å². The molecule has 0 aliphatic rings. The summed E-state index contributed by atoms with van der Waals surface area (Å²) in [5.74, 6) is 0.500. The predicted octanol–water partition coefficient (Wildman–Crippen LogP) is 5.49. The number of non-ortho nitro benzene ring substituents is 1. The van der Waals surface area contributed by atoms with Gasteiger partial charge in [-0.2, -0.15) is 5.26 Å². The van der Waals surface area contributed by atoms with E-state index in [1.807, 2.05) is 54.9 Å². The summed E-state index contributed by atoms with van der Waals surface area (Å²) in [6.45, 7) is 2.08. The van der Waals surface area contributed by atoms with Crippen LogP contribution >= 0.6 is 0 Å². The van der Waals surface area contributed by atoms with Crippen LogP contribution < -0.4 is 4.74 Å². The Hall–Kier alpha value is -4.48. The minimum Gasteiger partial charge on any atom is -0.496 e. The molecule has 4 aromatic rings. The maximum atomic E-state index is 11.3. The molecule has 1 aromatic heterocycles. The minimum atomic E-state index is -0.540. The van der Waals surface area contributed by atoms with Crippen LogP contribution in [0, 0.1) is 28.4 Å². The van der Waals surface area contributed by atoms with Gasteiger partial charge in [-0.25, -0.2) is 4.98 Å². The molecule has 1 heterocycles. The highest BCUT2D eigenvalue weighted by Crippen LogP contribution is 2.34. The van der Waals surface area contributed by atoms with Crippen LogP contribution in [-0.2, 0) is 18.4 Å². The molecule has 1 unspecified atom stereocenters. The number of nitriles is 1. The van der Waals surface area contributed by atoms with Crippen molar-refractivity contribution in [2.24, 2.45) is 7.05 Å². The molecule has 0 saturated heterocycles. The molecular formula is C27H24N4O4. The Bertz CT molecular complexity index is 1420. The summed E-state index contributed by atoms with van der Waals surface area (Å²) in [5.41, 5.74) is 5.54. The van der Waals surface area contributed by atoms with Crippen molar-refractivity contribution in [2.45, 2.75) is 19.6 Å². The first-order chi connectivity index (χ1) is 16.9. The lowest BCUT2D eigenvalue weighted by Crippen LogP contribution is -2.11. The second-order valence-electron chi connectivity index (χ2n) is 8.11. The Morgan fingerprint density at radius 1 is 1.14 bits per heavy atom. The molecule has 35 heavy (non-hydrogen) atoms. The van der Waals surface area contributed by atoms with Crippen LogP contribution in [-0.4, -0.2) is 21.6 Å². The van der Waals surface area contributed by atoms with Crippen LogP contribution in [0.25, 0.3) is 11.1 Å². The summed E-state index contributed by atoms with van der Waals surface area (Å²) in [6.07, 6.45) is 2.87. The van der Waals surface area contributed by atoms with E-state index in [1.54, 1.807) is 24.7 Å². The Kier molecular flexibility index (Phi) is 6.90. The van der Waals surface area contributed by atoms with Crippen molar-refractivity contribution in [3.8, 4) is 22.9 Å². The summed E-state index contributed by atoms with van der Waals surface area (Å²) in [7, 11) is 3.39. The summed E-state index contributed by atoms with van der Waals surface area (Å²) in [4.78, 5) is 15.1. The molecule has 1 atom stereocenters. The summed E-state index contributed by atoms with van der Waals surface area (Å²) in [6, 6.07) is 20.2. The number of aromatic nitrogens is 2. The van der Waals surface area contributed by atoms with Gasteiger partial charge in [0, 0.05) is 30.3 Å². The SMILES string of the molecule is COc1ccc([N+](=O)[O-])cc1COC(c1ccc(C#N)c(-c2ccccc2C)c1)c1cncn1C. The third kappa shape index (κ3) is 4.90. The molecule has 0 aliphatic heterocycles. The lowest BCUT2D eigenvalue weighted by molar-refractivity contribution is -0.385. The second kappa shape index (κ2) is 10.2. The van der Waals surface area contributed by atoms with Crippen LogP contribution in [0.15, 0.2) is 73.2 Å². The highest BCUT2D eigenvalue weighted by Gasteiger charge is 2.22. The molecule has 0 radical (unpaired) electrons. The first kappa shape index (κ1) is 23.7. The monoisotopic (exact) mass is 468 g/mol. The smallest absolute Gasteiger partial charge is 0.270 e. The van der Waals surface area contributed by atoms with Gasteiger partial charge < -0.3 is 14.0 Å². The van der Waals surface area contributed by atoms with E-state index in [1.165, 1.54) is 19.2 Å². The van der Waals surface area contributed by atoms with E-state index in [0.29, 0.717) is 16.9 Å². The van der Waals surface area contributed by atoms with Crippen LogP contribution in [0.3, 0.4) is 0 Å². The predicted molar refractivity (Wildman–Crippen MR) is 131 cm³/mol. The van der Waals surface area contributed by atoms with Crippen LogP contribution in [0.1, 0.15) is 34.1 Å². The Labute approximate surface area is 203 Å². The van der Waals surface area contributed by atoms with Gasteiger partial charge in [0.25, 0.3) is 5.69 Å². The molecule has 8 nitrogen and oxygen atoms in total. The topological polar surface area (TPSA) is 103 Å². The quantitative estimate of drug-likeness (QED) is 0.250. The Balaban J connectivity index is 1.77. The Morgan fingerprint density at radius 2 is 1.94 bits per heavy atom. The zero-order valence-electron chi connectivity index (χ0n) is 19.6. The van der Waals surface area contributed by atoms with Crippen molar-refractivity contribution in [3.63, 3.8) is 0 Å². The fraction of sp³-hybridized carbons (Fsp3) is 0.185. The molecular weight excluding hydrogens is 444 g/mol. The number of rotatable bonds is 8. The second-order valence-corrected chi connectivity index (χ2v) is 8.11. The summed E-state index contributed by atoms with van der Waals surface area (Å²) in [5, 5.41) is 21.0. The molecule has 0 fully saturated rings. The van der Waals surface area contributed by atoms with Gasteiger partial charge in [-0.05, 0) is 41.8 Å². The maximum absolute atomic E-state index is 11.3. The van der Waals surface area contributed by atoms with Crippen molar-refractivity contribution in [3.05, 3.63) is 111 Å². The van der Waals surface area contributed by atoms with E-state index in [-0.39, 0.29) is 12.3 Å². The molecule has 0 saturated carbocycles. The number of imidazole rings is 1. The van der Waals surface area contributed by atoms with Crippen molar-refractivity contribution in [1.82, 2.24) is 9.55 Å². The van der Waals surface area contributed by atoms with Gasteiger partial charge in [0.1, 0.15) is 11.9 Å². The molecule has 0 spiro atoms. The fourth-order valence-electron chi connectivity index (χ4n) is 4.06. The summed E-state index contributed by atoms with van der Waals surface area (Å²) < 4.78 is 13.6. The normalized spacial score (nSPS) is 11.6. The van der Waals surface area contributed by atoms with Crippen molar-refractivity contribution < 1.29 is 14.4 Å². The number of ether oxygens (including phenoxy) is 2. The molecule has 0 N–H and O–H groups in total. The maximum Gasteiger partial charge on any atom is 0.270 e.